The van der Waals surface area contributed by atoms with Gasteiger partial charge in [0.25, 0.3) is 0 Å². The first-order valence-electron chi connectivity index (χ1n) is 11.3. The molecule has 2 fully saturated rings. The molecular formula is C25H30N4O. The molecule has 0 N–H and O–H groups in total. The van der Waals surface area contributed by atoms with Gasteiger partial charge >= 0.3 is 0 Å². The first-order valence-corrected chi connectivity index (χ1v) is 11.3. The van der Waals surface area contributed by atoms with E-state index >= 15 is 0 Å². The largest absolute Gasteiger partial charge is 0.338 e. The smallest absolute Gasteiger partial charge is 0.240 e. The van der Waals surface area contributed by atoms with Crippen LogP contribution in [0.2, 0.25) is 0 Å². The highest BCUT2D eigenvalue weighted by Crippen LogP contribution is 2.45. The Balaban J connectivity index is 1.40. The Morgan fingerprint density at radius 1 is 1.07 bits per heavy atom. The second-order valence-electron chi connectivity index (χ2n) is 8.94. The maximum Gasteiger partial charge on any atom is 0.240 e. The van der Waals surface area contributed by atoms with E-state index in [1.165, 1.54) is 42.4 Å². The Morgan fingerprint density at radius 3 is 2.67 bits per heavy atom. The maximum atomic E-state index is 5.82. The summed E-state index contributed by atoms with van der Waals surface area (Å²) in [5.41, 5.74) is 3.79. The van der Waals surface area contributed by atoms with Crippen LogP contribution < -0.4 is 0 Å². The first kappa shape index (κ1) is 19.4. The molecule has 0 radical (unpaired) electrons. The number of hydrogen-bond acceptors (Lipinski definition) is 5. The van der Waals surface area contributed by atoms with Crippen molar-refractivity contribution in [2.45, 2.75) is 69.9 Å². The summed E-state index contributed by atoms with van der Waals surface area (Å²) in [7, 11) is 0. The van der Waals surface area contributed by atoms with E-state index in [2.05, 4.69) is 52.3 Å². The van der Waals surface area contributed by atoms with Crippen LogP contribution in [0.25, 0.3) is 0 Å². The number of aromatic nitrogens is 3. The molecule has 1 saturated heterocycles. The van der Waals surface area contributed by atoms with Crippen LogP contribution in [0.4, 0.5) is 0 Å². The number of nitrogens with zero attached hydrogens (tertiary/aromatic N) is 4. The van der Waals surface area contributed by atoms with E-state index in [1.807, 2.05) is 18.5 Å². The van der Waals surface area contributed by atoms with E-state index in [9.17, 15) is 0 Å². The van der Waals surface area contributed by atoms with Crippen molar-refractivity contribution in [3.8, 4) is 0 Å². The summed E-state index contributed by atoms with van der Waals surface area (Å²) >= 11 is 0. The van der Waals surface area contributed by atoms with Gasteiger partial charge in [0, 0.05) is 18.4 Å². The topological polar surface area (TPSA) is 55.1 Å². The van der Waals surface area contributed by atoms with Crippen molar-refractivity contribution in [1.82, 2.24) is 20.0 Å². The third-order valence-corrected chi connectivity index (χ3v) is 6.98. The molecule has 5 heteroatoms. The van der Waals surface area contributed by atoms with Crippen molar-refractivity contribution in [3.05, 3.63) is 77.2 Å². The highest BCUT2D eigenvalue weighted by atomic mass is 16.5. The number of likely N-dealkylation sites (tertiary alicyclic amines) is 1. The van der Waals surface area contributed by atoms with Gasteiger partial charge in [0.2, 0.25) is 5.89 Å². The van der Waals surface area contributed by atoms with Crippen molar-refractivity contribution in [2.24, 2.45) is 0 Å². The average molecular weight is 403 g/mol. The van der Waals surface area contributed by atoms with Gasteiger partial charge in [-0.25, -0.2) is 0 Å². The quantitative estimate of drug-likeness (QED) is 0.575. The van der Waals surface area contributed by atoms with Crippen molar-refractivity contribution < 1.29 is 4.52 Å². The lowest BCUT2D eigenvalue weighted by molar-refractivity contribution is 0.123. The molecule has 1 unspecified atom stereocenters. The molecule has 5 rings (SSSR count). The highest BCUT2D eigenvalue weighted by molar-refractivity contribution is 5.35. The molecule has 0 bridgehead atoms. The minimum absolute atomic E-state index is 0.0971. The zero-order chi connectivity index (χ0) is 20.4. The fourth-order valence-corrected chi connectivity index (χ4v) is 5.31. The summed E-state index contributed by atoms with van der Waals surface area (Å²) in [6.07, 6.45) is 12.1. The average Bonchev–Trinajstić information content (AvgIpc) is 3.46. The van der Waals surface area contributed by atoms with Gasteiger partial charge < -0.3 is 4.52 Å². The van der Waals surface area contributed by atoms with E-state index in [0.717, 1.165) is 37.5 Å². The van der Waals surface area contributed by atoms with Crippen LogP contribution in [0, 0.1) is 6.92 Å². The van der Waals surface area contributed by atoms with Gasteiger partial charge in [0.1, 0.15) is 0 Å². The number of benzene rings is 1. The molecule has 2 aliphatic rings. The van der Waals surface area contributed by atoms with E-state index in [4.69, 9.17) is 9.51 Å². The summed E-state index contributed by atoms with van der Waals surface area (Å²) in [5, 5.41) is 4.51. The Bertz CT molecular complexity index is 960. The van der Waals surface area contributed by atoms with Crippen LogP contribution >= 0.6 is 0 Å². The predicted octanol–water partition coefficient (Wildman–Crippen LogP) is 5.36. The van der Waals surface area contributed by atoms with E-state index in [0.29, 0.717) is 12.6 Å². The third-order valence-electron chi connectivity index (χ3n) is 6.98. The SMILES string of the molecule is Cc1ccc(C2(c3noc(CN4CCCCC4c4cccnc4)n3)CCCC2)cc1. The Hall–Kier alpha value is -2.53. The maximum absolute atomic E-state index is 5.82. The van der Waals surface area contributed by atoms with Gasteiger partial charge in [0.05, 0.1) is 12.0 Å². The molecule has 5 nitrogen and oxygen atoms in total. The van der Waals surface area contributed by atoms with E-state index in [1.54, 1.807) is 0 Å². The zero-order valence-electron chi connectivity index (χ0n) is 17.8. The molecule has 1 atom stereocenters. The van der Waals surface area contributed by atoms with Crippen molar-refractivity contribution >= 4 is 0 Å². The molecule has 156 valence electrons. The molecule has 1 aliphatic heterocycles. The lowest BCUT2D eigenvalue weighted by atomic mass is 9.78. The number of piperidine rings is 1. The zero-order valence-corrected chi connectivity index (χ0v) is 17.8. The Labute approximate surface area is 178 Å². The van der Waals surface area contributed by atoms with Gasteiger partial charge in [0.15, 0.2) is 5.82 Å². The van der Waals surface area contributed by atoms with Crippen molar-refractivity contribution in [2.75, 3.05) is 6.54 Å². The standard InChI is InChI=1S/C25H30N4O/c1-19-9-11-21(12-10-19)25(13-3-4-14-25)24-27-23(30-28-24)18-29-16-5-2-8-22(29)20-7-6-15-26-17-20/h6-7,9-12,15,17,22H,2-5,8,13-14,16,18H2,1H3. The van der Waals surface area contributed by atoms with E-state index < -0.39 is 0 Å². The van der Waals surface area contributed by atoms with E-state index in [-0.39, 0.29) is 5.41 Å². The van der Waals surface area contributed by atoms with Crippen molar-refractivity contribution in [3.63, 3.8) is 0 Å². The predicted molar refractivity (Wildman–Crippen MR) is 116 cm³/mol. The highest BCUT2D eigenvalue weighted by Gasteiger charge is 2.41. The molecule has 3 heterocycles. The molecule has 0 spiro atoms. The number of pyridine rings is 1. The number of aryl methyl sites for hydroxylation is 1. The molecule has 1 aliphatic carbocycles. The van der Waals surface area contributed by atoms with Crippen LogP contribution in [0.1, 0.15) is 79.4 Å². The summed E-state index contributed by atoms with van der Waals surface area (Å²) in [6.45, 7) is 3.89. The van der Waals surface area contributed by atoms with Gasteiger partial charge in [-0.3, -0.25) is 9.88 Å². The van der Waals surface area contributed by atoms with Gasteiger partial charge in [-0.1, -0.05) is 60.3 Å². The Morgan fingerprint density at radius 2 is 1.90 bits per heavy atom. The summed E-state index contributed by atoms with van der Waals surface area (Å²) in [5.74, 6) is 1.60. The molecule has 3 aromatic rings. The molecule has 2 aromatic heterocycles. The monoisotopic (exact) mass is 402 g/mol. The summed E-state index contributed by atoms with van der Waals surface area (Å²) in [4.78, 5) is 11.8. The van der Waals surface area contributed by atoms with Crippen LogP contribution in [0.15, 0.2) is 53.3 Å². The minimum atomic E-state index is -0.0971. The van der Waals surface area contributed by atoms with Gasteiger partial charge in [-0.2, -0.15) is 4.98 Å². The van der Waals surface area contributed by atoms with Crippen LogP contribution in [0.3, 0.4) is 0 Å². The fourth-order valence-electron chi connectivity index (χ4n) is 5.31. The van der Waals surface area contributed by atoms with Crippen LogP contribution in [-0.4, -0.2) is 26.6 Å². The second kappa shape index (κ2) is 8.31. The number of rotatable bonds is 5. The molecule has 0 amide bonds. The molecule has 1 saturated carbocycles. The first-order chi connectivity index (χ1) is 14.7. The van der Waals surface area contributed by atoms with Gasteiger partial charge in [-0.05, 0) is 56.3 Å². The fraction of sp³-hybridized carbons (Fsp3) is 0.480. The van der Waals surface area contributed by atoms with Crippen LogP contribution in [0.5, 0.6) is 0 Å². The van der Waals surface area contributed by atoms with Crippen molar-refractivity contribution in [1.29, 1.82) is 0 Å². The summed E-state index contributed by atoms with van der Waals surface area (Å²) < 4.78 is 5.82. The third kappa shape index (κ3) is 3.67. The lowest BCUT2D eigenvalue weighted by Crippen LogP contribution is -2.33. The normalized spacial score (nSPS) is 21.7. The molecular weight excluding hydrogens is 372 g/mol. The second-order valence-corrected chi connectivity index (χ2v) is 8.94. The Kier molecular flexibility index (Phi) is 5.38. The molecule has 1 aromatic carbocycles. The lowest BCUT2D eigenvalue weighted by Gasteiger charge is -2.34. The summed E-state index contributed by atoms with van der Waals surface area (Å²) in [6, 6.07) is 13.5. The van der Waals surface area contributed by atoms with Crippen LogP contribution in [-0.2, 0) is 12.0 Å². The number of hydrogen-bond donors (Lipinski definition) is 0. The van der Waals surface area contributed by atoms with Gasteiger partial charge in [-0.15, -0.1) is 0 Å². The molecule has 30 heavy (non-hydrogen) atoms. The minimum Gasteiger partial charge on any atom is -0.338 e.